The molecule has 0 bridgehead atoms. The van der Waals surface area contributed by atoms with Crippen LogP contribution in [0.25, 0.3) is 0 Å². The smallest absolute Gasteiger partial charge is 0.252 e. The van der Waals surface area contributed by atoms with Crippen LogP contribution in [-0.2, 0) is 25.7 Å². The Hall–Kier alpha value is -3.37. The molecule has 3 rings (SSSR count). The molecule has 0 aliphatic carbocycles. The van der Waals surface area contributed by atoms with Gasteiger partial charge in [0.25, 0.3) is 5.91 Å². The van der Waals surface area contributed by atoms with E-state index in [9.17, 15) is 23.2 Å². The van der Waals surface area contributed by atoms with Crippen LogP contribution in [0.1, 0.15) is 31.0 Å². The van der Waals surface area contributed by atoms with Crippen LogP contribution in [-0.4, -0.2) is 55.0 Å². The van der Waals surface area contributed by atoms with Gasteiger partial charge in [-0.2, -0.15) is 0 Å². The molecule has 3 amide bonds. The lowest BCUT2D eigenvalue weighted by atomic mass is 10.0. The van der Waals surface area contributed by atoms with E-state index in [-0.39, 0.29) is 6.54 Å². The SMILES string of the molecule is CN[C@@H](C)C(=O)N[C@H](C(=O)N1Cc2ccccc2C1C(=O)Nc1c(F)cccc1F)[C@H](C)OC. The molecule has 2 aromatic rings. The van der Waals surface area contributed by atoms with E-state index in [0.717, 1.165) is 12.1 Å². The molecule has 1 unspecified atom stereocenters. The fourth-order valence-corrected chi connectivity index (χ4v) is 3.79. The third kappa shape index (κ3) is 5.07. The average Bonchev–Trinajstić information content (AvgIpc) is 3.23. The van der Waals surface area contributed by atoms with Gasteiger partial charge in [0.1, 0.15) is 29.4 Å². The van der Waals surface area contributed by atoms with Crippen LogP contribution in [0.5, 0.6) is 0 Å². The normalized spacial score (nSPS) is 17.5. The van der Waals surface area contributed by atoms with Gasteiger partial charge in [0.15, 0.2) is 0 Å². The van der Waals surface area contributed by atoms with Crippen molar-refractivity contribution in [1.29, 1.82) is 0 Å². The zero-order chi connectivity index (χ0) is 25.0. The van der Waals surface area contributed by atoms with Crippen molar-refractivity contribution in [2.24, 2.45) is 0 Å². The van der Waals surface area contributed by atoms with Crippen molar-refractivity contribution in [2.75, 3.05) is 19.5 Å². The van der Waals surface area contributed by atoms with Gasteiger partial charge in [0.2, 0.25) is 11.8 Å². The van der Waals surface area contributed by atoms with E-state index in [4.69, 9.17) is 4.74 Å². The van der Waals surface area contributed by atoms with E-state index >= 15 is 0 Å². The van der Waals surface area contributed by atoms with E-state index in [1.807, 2.05) is 0 Å². The number of nitrogens with one attached hydrogen (secondary N) is 3. The molecular formula is C24H28F2N4O4. The predicted octanol–water partition coefficient (Wildman–Crippen LogP) is 2.11. The molecule has 34 heavy (non-hydrogen) atoms. The van der Waals surface area contributed by atoms with Crippen molar-refractivity contribution < 1.29 is 27.9 Å². The molecule has 1 aliphatic rings. The molecule has 8 nitrogen and oxygen atoms in total. The Bertz CT molecular complexity index is 1060. The van der Waals surface area contributed by atoms with Gasteiger partial charge in [-0.15, -0.1) is 0 Å². The fourth-order valence-electron chi connectivity index (χ4n) is 3.79. The summed E-state index contributed by atoms with van der Waals surface area (Å²) >= 11 is 0. The third-order valence-electron chi connectivity index (χ3n) is 5.98. The van der Waals surface area contributed by atoms with Crippen molar-refractivity contribution in [3.05, 3.63) is 65.2 Å². The van der Waals surface area contributed by atoms with Crippen LogP contribution in [0.3, 0.4) is 0 Å². The number of carbonyl (C=O) groups is 3. The number of hydrogen-bond donors (Lipinski definition) is 3. The Balaban J connectivity index is 1.95. The summed E-state index contributed by atoms with van der Waals surface area (Å²) in [7, 11) is 3.02. The summed E-state index contributed by atoms with van der Waals surface area (Å²) < 4.78 is 33.7. The van der Waals surface area contributed by atoms with Crippen molar-refractivity contribution in [2.45, 2.75) is 44.6 Å². The lowest BCUT2D eigenvalue weighted by molar-refractivity contribution is -0.145. The zero-order valence-electron chi connectivity index (χ0n) is 19.4. The van der Waals surface area contributed by atoms with Crippen molar-refractivity contribution in [3.63, 3.8) is 0 Å². The number of para-hydroxylation sites is 1. The van der Waals surface area contributed by atoms with Gasteiger partial charge in [0, 0.05) is 13.7 Å². The first-order valence-corrected chi connectivity index (χ1v) is 10.8. The van der Waals surface area contributed by atoms with Gasteiger partial charge in [-0.3, -0.25) is 14.4 Å². The maximum absolute atomic E-state index is 14.2. The Morgan fingerprint density at radius 2 is 1.71 bits per heavy atom. The number of methoxy groups -OCH3 is 1. The van der Waals surface area contributed by atoms with Crippen LogP contribution < -0.4 is 16.0 Å². The molecule has 0 fully saturated rings. The van der Waals surface area contributed by atoms with Crippen LogP contribution in [0.15, 0.2) is 42.5 Å². The molecule has 0 saturated heterocycles. The average molecular weight is 475 g/mol. The molecule has 10 heteroatoms. The lowest BCUT2D eigenvalue weighted by Crippen LogP contribution is -2.57. The first kappa shape index (κ1) is 25.3. The largest absolute Gasteiger partial charge is 0.379 e. The van der Waals surface area contributed by atoms with Crippen molar-refractivity contribution in [3.8, 4) is 0 Å². The summed E-state index contributed by atoms with van der Waals surface area (Å²) in [6.45, 7) is 3.34. The highest BCUT2D eigenvalue weighted by Gasteiger charge is 2.43. The number of fused-ring (bicyclic) bond motifs is 1. The molecule has 4 atom stereocenters. The number of nitrogens with zero attached hydrogens (tertiary/aromatic N) is 1. The summed E-state index contributed by atoms with van der Waals surface area (Å²) in [4.78, 5) is 40.7. The van der Waals surface area contributed by atoms with Crippen molar-refractivity contribution in [1.82, 2.24) is 15.5 Å². The maximum Gasteiger partial charge on any atom is 0.252 e. The first-order chi connectivity index (χ1) is 16.2. The summed E-state index contributed by atoms with van der Waals surface area (Å²) in [5, 5.41) is 7.77. The Labute approximate surface area is 196 Å². The lowest BCUT2D eigenvalue weighted by Gasteiger charge is -2.31. The molecule has 2 aromatic carbocycles. The van der Waals surface area contributed by atoms with E-state index in [1.165, 1.54) is 18.1 Å². The summed E-state index contributed by atoms with van der Waals surface area (Å²) in [5.74, 6) is -3.62. The van der Waals surface area contributed by atoms with Gasteiger partial charge in [-0.05, 0) is 44.2 Å². The second kappa shape index (κ2) is 10.7. The minimum absolute atomic E-state index is 0.0806. The molecule has 182 valence electrons. The standard InChI is InChI=1S/C24H28F2N4O4/c1-13(27-3)22(31)28-19(14(2)34-4)24(33)30-12-15-8-5-6-9-16(15)21(30)23(32)29-20-17(25)10-7-11-18(20)26/h5-11,13-14,19,21,27H,12H2,1-4H3,(H,28,31)(H,29,32)/t13-,14-,19-,21?/m0/s1. The predicted molar refractivity (Wildman–Crippen MR) is 122 cm³/mol. The zero-order valence-corrected chi connectivity index (χ0v) is 19.4. The number of rotatable bonds is 8. The summed E-state index contributed by atoms with van der Waals surface area (Å²) in [6.07, 6.45) is -0.711. The number of halogens is 2. The third-order valence-corrected chi connectivity index (χ3v) is 5.98. The number of likely N-dealkylation sites (N-methyl/N-ethyl adjacent to an activating group) is 1. The highest BCUT2D eigenvalue weighted by Crippen LogP contribution is 2.35. The number of benzene rings is 2. The molecule has 3 N–H and O–H groups in total. The van der Waals surface area contributed by atoms with E-state index in [0.29, 0.717) is 11.1 Å². The van der Waals surface area contributed by atoms with E-state index < -0.39 is 59.3 Å². The van der Waals surface area contributed by atoms with Gasteiger partial charge in [-0.1, -0.05) is 30.3 Å². The molecule has 0 spiro atoms. The van der Waals surface area contributed by atoms with Gasteiger partial charge >= 0.3 is 0 Å². The summed E-state index contributed by atoms with van der Waals surface area (Å²) in [6, 6.07) is 7.34. The van der Waals surface area contributed by atoms with E-state index in [1.54, 1.807) is 45.2 Å². The van der Waals surface area contributed by atoms with Gasteiger partial charge < -0.3 is 25.6 Å². The number of carbonyl (C=O) groups excluding carboxylic acids is 3. The first-order valence-electron chi connectivity index (χ1n) is 10.8. The topological polar surface area (TPSA) is 99.8 Å². The van der Waals surface area contributed by atoms with Crippen LogP contribution in [0, 0.1) is 11.6 Å². The maximum atomic E-state index is 14.2. The molecule has 1 heterocycles. The number of anilines is 1. The van der Waals surface area contributed by atoms with Gasteiger partial charge in [0.05, 0.1) is 12.1 Å². The molecule has 0 saturated carbocycles. The van der Waals surface area contributed by atoms with Crippen molar-refractivity contribution >= 4 is 23.4 Å². The van der Waals surface area contributed by atoms with Gasteiger partial charge in [-0.25, -0.2) is 8.78 Å². The Kier molecular flexibility index (Phi) is 7.95. The Morgan fingerprint density at radius 3 is 2.32 bits per heavy atom. The minimum atomic E-state index is -1.16. The number of ether oxygens (including phenoxy) is 1. The number of hydrogen-bond acceptors (Lipinski definition) is 5. The van der Waals surface area contributed by atoms with Crippen LogP contribution >= 0.6 is 0 Å². The molecule has 0 aromatic heterocycles. The fraction of sp³-hybridized carbons (Fsp3) is 0.375. The second-order valence-corrected chi connectivity index (χ2v) is 8.09. The number of amides is 3. The Morgan fingerprint density at radius 1 is 1.06 bits per heavy atom. The van der Waals surface area contributed by atoms with Crippen LogP contribution in [0.4, 0.5) is 14.5 Å². The molecule has 0 radical (unpaired) electrons. The monoisotopic (exact) mass is 474 g/mol. The second-order valence-electron chi connectivity index (χ2n) is 8.09. The van der Waals surface area contributed by atoms with Crippen LogP contribution in [0.2, 0.25) is 0 Å². The highest BCUT2D eigenvalue weighted by atomic mass is 19.1. The quantitative estimate of drug-likeness (QED) is 0.544. The molecular weight excluding hydrogens is 446 g/mol. The summed E-state index contributed by atoms with van der Waals surface area (Å²) in [5.41, 5.74) is 0.648. The minimum Gasteiger partial charge on any atom is -0.379 e. The highest BCUT2D eigenvalue weighted by molar-refractivity contribution is 6.00. The molecule has 1 aliphatic heterocycles. The van der Waals surface area contributed by atoms with E-state index in [2.05, 4.69) is 16.0 Å².